The number of anilines is 1. The van der Waals surface area contributed by atoms with E-state index >= 15 is 0 Å². The monoisotopic (exact) mass is 338 g/mol. The summed E-state index contributed by atoms with van der Waals surface area (Å²) in [6, 6.07) is 3.70. The Morgan fingerprint density at radius 2 is 2.26 bits per heavy atom. The Morgan fingerprint density at radius 3 is 3.04 bits per heavy atom. The first-order valence-electron chi connectivity index (χ1n) is 7.40. The molecule has 0 saturated carbocycles. The Kier molecular flexibility index (Phi) is 5.43. The number of rotatable bonds is 7. The van der Waals surface area contributed by atoms with Crippen molar-refractivity contribution in [2.24, 2.45) is 0 Å². The normalized spacial score (nSPS) is 14.7. The molecule has 1 saturated heterocycles. The van der Waals surface area contributed by atoms with Gasteiger partial charge in [-0.2, -0.15) is 4.37 Å². The molecule has 3 rings (SSSR count). The van der Waals surface area contributed by atoms with E-state index < -0.39 is 0 Å². The van der Waals surface area contributed by atoms with E-state index in [2.05, 4.69) is 19.0 Å². The summed E-state index contributed by atoms with van der Waals surface area (Å²) in [7, 11) is 0. The lowest BCUT2D eigenvalue weighted by molar-refractivity contribution is -0.123. The SMILES string of the molecule is O=C(COc1nsnc1N1CCOCC1)NCCc1ccco1. The molecule has 0 bridgehead atoms. The first-order chi connectivity index (χ1) is 11.3. The molecule has 3 heterocycles. The van der Waals surface area contributed by atoms with Gasteiger partial charge in [0.25, 0.3) is 11.8 Å². The molecular formula is C14H18N4O4S. The minimum absolute atomic E-state index is 0.0824. The zero-order valence-corrected chi connectivity index (χ0v) is 13.4. The first kappa shape index (κ1) is 15.8. The van der Waals surface area contributed by atoms with Gasteiger partial charge < -0.3 is 24.1 Å². The number of nitrogens with zero attached hydrogens (tertiary/aromatic N) is 3. The molecule has 2 aromatic rings. The van der Waals surface area contributed by atoms with Crippen molar-refractivity contribution in [1.29, 1.82) is 0 Å². The van der Waals surface area contributed by atoms with Gasteiger partial charge in [-0.3, -0.25) is 4.79 Å². The molecule has 1 aliphatic rings. The lowest BCUT2D eigenvalue weighted by Crippen LogP contribution is -2.37. The predicted molar refractivity (Wildman–Crippen MR) is 83.9 cm³/mol. The zero-order valence-electron chi connectivity index (χ0n) is 12.6. The van der Waals surface area contributed by atoms with Crippen molar-refractivity contribution < 1.29 is 18.7 Å². The van der Waals surface area contributed by atoms with Crippen LogP contribution in [0.25, 0.3) is 0 Å². The van der Waals surface area contributed by atoms with Crippen molar-refractivity contribution in [3.05, 3.63) is 24.2 Å². The maximum absolute atomic E-state index is 11.8. The van der Waals surface area contributed by atoms with Crippen LogP contribution in [0, 0.1) is 0 Å². The van der Waals surface area contributed by atoms with Crippen LogP contribution < -0.4 is 15.0 Å². The van der Waals surface area contributed by atoms with Gasteiger partial charge in [0, 0.05) is 26.1 Å². The molecule has 9 heteroatoms. The Hall–Kier alpha value is -2.13. The van der Waals surface area contributed by atoms with E-state index in [0.29, 0.717) is 37.9 Å². The van der Waals surface area contributed by atoms with E-state index in [1.165, 1.54) is 0 Å². The van der Waals surface area contributed by atoms with Gasteiger partial charge in [0.15, 0.2) is 6.61 Å². The molecule has 0 aromatic carbocycles. The van der Waals surface area contributed by atoms with E-state index in [1.54, 1.807) is 6.26 Å². The summed E-state index contributed by atoms with van der Waals surface area (Å²) in [4.78, 5) is 13.9. The number of hydrogen-bond donors (Lipinski definition) is 1. The van der Waals surface area contributed by atoms with Crippen LogP contribution in [0.5, 0.6) is 5.88 Å². The summed E-state index contributed by atoms with van der Waals surface area (Å²) in [5.41, 5.74) is 0. The molecular weight excluding hydrogens is 320 g/mol. The number of hydrogen-bond acceptors (Lipinski definition) is 8. The third kappa shape index (κ3) is 4.42. The fourth-order valence-electron chi connectivity index (χ4n) is 2.20. The highest BCUT2D eigenvalue weighted by Gasteiger charge is 2.20. The Balaban J connectivity index is 1.43. The summed E-state index contributed by atoms with van der Waals surface area (Å²) >= 11 is 1.08. The Morgan fingerprint density at radius 1 is 1.39 bits per heavy atom. The van der Waals surface area contributed by atoms with E-state index in [4.69, 9.17) is 13.9 Å². The molecule has 1 N–H and O–H groups in total. The average Bonchev–Trinajstić information content (AvgIpc) is 3.25. The van der Waals surface area contributed by atoms with Crippen molar-refractivity contribution in [1.82, 2.24) is 14.1 Å². The van der Waals surface area contributed by atoms with E-state index in [0.717, 1.165) is 30.6 Å². The van der Waals surface area contributed by atoms with Crippen molar-refractivity contribution in [3.63, 3.8) is 0 Å². The van der Waals surface area contributed by atoms with Crippen LogP contribution in [0.3, 0.4) is 0 Å². The molecule has 1 amide bonds. The molecule has 1 fully saturated rings. The fourth-order valence-corrected chi connectivity index (χ4v) is 2.72. The van der Waals surface area contributed by atoms with Gasteiger partial charge in [-0.05, 0) is 12.1 Å². The number of ether oxygens (including phenoxy) is 2. The zero-order chi connectivity index (χ0) is 15.9. The summed E-state index contributed by atoms with van der Waals surface area (Å²) in [6.45, 7) is 3.23. The standard InChI is InChI=1S/C14H18N4O4S/c19-12(15-4-3-11-2-1-7-21-11)10-22-14-13(16-23-17-14)18-5-8-20-9-6-18/h1-2,7H,3-6,8-10H2,(H,15,19). The number of amides is 1. The highest BCUT2D eigenvalue weighted by Crippen LogP contribution is 2.26. The Bertz CT molecular complexity index is 610. The molecule has 0 radical (unpaired) electrons. The number of nitrogens with one attached hydrogen (secondary N) is 1. The van der Waals surface area contributed by atoms with Crippen LogP contribution in [-0.4, -0.2) is 54.1 Å². The van der Waals surface area contributed by atoms with E-state index in [9.17, 15) is 4.79 Å². The van der Waals surface area contributed by atoms with Gasteiger partial charge in [-0.1, -0.05) is 0 Å². The molecule has 124 valence electrons. The van der Waals surface area contributed by atoms with E-state index in [-0.39, 0.29) is 12.5 Å². The van der Waals surface area contributed by atoms with Crippen LogP contribution in [-0.2, 0) is 16.0 Å². The second-order valence-corrected chi connectivity index (χ2v) is 5.49. The molecule has 0 atom stereocenters. The highest BCUT2D eigenvalue weighted by molar-refractivity contribution is 6.99. The maximum Gasteiger partial charge on any atom is 0.271 e. The molecule has 0 unspecified atom stereocenters. The van der Waals surface area contributed by atoms with Gasteiger partial charge in [-0.25, -0.2) is 0 Å². The van der Waals surface area contributed by atoms with Gasteiger partial charge in [-0.15, -0.1) is 4.37 Å². The average molecular weight is 338 g/mol. The third-order valence-corrected chi connectivity index (χ3v) is 3.87. The minimum atomic E-state index is -0.197. The van der Waals surface area contributed by atoms with Gasteiger partial charge in [0.05, 0.1) is 31.2 Å². The van der Waals surface area contributed by atoms with Crippen LogP contribution in [0.4, 0.5) is 5.82 Å². The van der Waals surface area contributed by atoms with Crippen LogP contribution in [0.1, 0.15) is 5.76 Å². The van der Waals surface area contributed by atoms with E-state index in [1.807, 2.05) is 12.1 Å². The first-order valence-corrected chi connectivity index (χ1v) is 8.13. The summed E-state index contributed by atoms with van der Waals surface area (Å²) in [6.07, 6.45) is 2.26. The predicted octanol–water partition coefficient (Wildman–Crippen LogP) is 0.705. The smallest absolute Gasteiger partial charge is 0.271 e. The molecule has 23 heavy (non-hydrogen) atoms. The van der Waals surface area contributed by atoms with Crippen molar-refractivity contribution in [2.75, 3.05) is 44.4 Å². The number of aromatic nitrogens is 2. The van der Waals surface area contributed by atoms with Crippen LogP contribution in [0.2, 0.25) is 0 Å². The quantitative estimate of drug-likeness (QED) is 0.795. The highest BCUT2D eigenvalue weighted by atomic mass is 32.1. The number of furan rings is 1. The third-order valence-electron chi connectivity index (χ3n) is 3.37. The largest absolute Gasteiger partial charge is 0.469 e. The number of carbonyl (C=O) groups excluding carboxylic acids is 1. The lowest BCUT2D eigenvalue weighted by Gasteiger charge is -2.26. The van der Waals surface area contributed by atoms with Gasteiger partial charge >= 0.3 is 0 Å². The summed E-state index contributed by atoms with van der Waals surface area (Å²) < 4.78 is 24.4. The summed E-state index contributed by atoms with van der Waals surface area (Å²) in [5, 5.41) is 2.78. The van der Waals surface area contributed by atoms with Crippen LogP contribution in [0.15, 0.2) is 22.8 Å². The summed E-state index contributed by atoms with van der Waals surface area (Å²) in [5.74, 6) is 1.72. The van der Waals surface area contributed by atoms with Crippen molar-refractivity contribution in [3.8, 4) is 5.88 Å². The second kappa shape index (κ2) is 7.93. The van der Waals surface area contributed by atoms with Gasteiger partial charge in [0.2, 0.25) is 5.82 Å². The molecule has 0 aliphatic carbocycles. The molecule has 2 aromatic heterocycles. The van der Waals surface area contributed by atoms with Crippen molar-refractivity contribution >= 4 is 23.5 Å². The fraction of sp³-hybridized carbons (Fsp3) is 0.500. The van der Waals surface area contributed by atoms with Crippen molar-refractivity contribution in [2.45, 2.75) is 6.42 Å². The van der Waals surface area contributed by atoms with Gasteiger partial charge in [0.1, 0.15) is 5.76 Å². The lowest BCUT2D eigenvalue weighted by atomic mass is 10.3. The van der Waals surface area contributed by atoms with Crippen LogP contribution >= 0.6 is 11.7 Å². The molecule has 8 nitrogen and oxygen atoms in total. The molecule has 1 aliphatic heterocycles. The Labute approximate surface area is 137 Å². The molecule has 0 spiro atoms. The minimum Gasteiger partial charge on any atom is -0.469 e. The number of morpholine rings is 1. The second-order valence-electron chi connectivity index (χ2n) is 4.96. The topological polar surface area (TPSA) is 89.7 Å². The number of carbonyl (C=O) groups is 1. The maximum atomic E-state index is 11.8.